The van der Waals surface area contributed by atoms with Gasteiger partial charge in [-0.25, -0.2) is 4.79 Å². The molecular formula is C17H20O7. The van der Waals surface area contributed by atoms with Crippen molar-refractivity contribution in [2.24, 2.45) is 0 Å². The summed E-state index contributed by atoms with van der Waals surface area (Å²) >= 11 is 0. The number of ether oxygens (including phenoxy) is 3. The Hall–Kier alpha value is -1.93. The number of hydrogen-bond donors (Lipinski definition) is 2. The molecular weight excluding hydrogens is 316 g/mol. The van der Waals surface area contributed by atoms with Crippen LogP contribution in [0.5, 0.6) is 5.75 Å². The molecule has 0 bridgehead atoms. The van der Waals surface area contributed by atoms with Gasteiger partial charge in [-0.3, -0.25) is 0 Å². The van der Waals surface area contributed by atoms with Crippen LogP contribution >= 0.6 is 0 Å². The highest BCUT2D eigenvalue weighted by Gasteiger charge is 2.50. The van der Waals surface area contributed by atoms with E-state index in [0.717, 1.165) is 0 Å². The third kappa shape index (κ3) is 3.03. The molecule has 24 heavy (non-hydrogen) atoms. The van der Waals surface area contributed by atoms with E-state index in [1.54, 1.807) is 38.1 Å². The van der Waals surface area contributed by atoms with Crippen molar-refractivity contribution < 1.29 is 28.8 Å². The molecule has 3 unspecified atom stereocenters. The van der Waals surface area contributed by atoms with Gasteiger partial charge in [0.1, 0.15) is 29.6 Å². The molecule has 0 radical (unpaired) electrons. The summed E-state index contributed by atoms with van der Waals surface area (Å²) in [6, 6.07) is 7.79. The van der Waals surface area contributed by atoms with Crippen LogP contribution in [0.15, 0.2) is 39.5 Å². The SMILES string of the molecule is CO[C@@H]1C(O)C(O)C(Oc2ccc3oc(=O)ccc3c2)OC1(C)C. The molecule has 1 aliphatic heterocycles. The summed E-state index contributed by atoms with van der Waals surface area (Å²) in [5.74, 6) is 0.416. The lowest BCUT2D eigenvalue weighted by molar-refractivity contribution is -0.305. The summed E-state index contributed by atoms with van der Waals surface area (Å²) in [5, 5.41) is 21.2. The lowest BCUT2D eigenvalue weighted by Crippen LogP contribution is -2.63. The van der Waals surface area contributed by atoms with Crippen LogP contribution < -0.4 is 10.4 Å². The van der Waals surface area contributed by atoms with Crippen LogP contribution in [0.1, 0.15) is 13.8 Å². The Labute approximate surface area is 138 Å². The Morgan fingerprint density at radius 2 is 1.88 bits per heavy atom. The number of hydrogen-bond acceptors (Lipinski definition) is 7. The van der Waals surface area contributed by atoms with Gasteiger partial charge in [-0.05, 0) is 38.1 Å². The summed E-state index contributed by atoms with van der Waals surface area (Å²) in [7, 11) is 1.45. The number of aliphatic hydroxyl groups is 2. The fourth-order valence-electron chi connectivity index (χ4n) is 2.96. The molecule has 1 aromatic carbocycles. The minimum atomic E-state index is -1.27. The minimum absolute atomic E-state index is 0.416. The van der Waals surface area contributed by atoms with Gasteiger partial charge in [-0.15, -0.1) is 0 Å². The van der Waals surface area contributed by atoms with Crippen molar-refractivity contribution in [3.8, 4) is 5.75 Å². The van der Waals surface area contributed by atoms with E-state index in [0.29, 0.717) is 16.7 Å². The summed E-state index contributed by atoms with van der Waals surface area (Å²) < 4.78 is 21.7. The first-order valence-electron chi connectivity index (χ1n) is 7.59. The Bertz CT molecular complexity index is 782. The largest absolute Gasteiger partial charge is 0.462 e. The summed E-state index contributed by atoms with van der Waals surface area (Å²) in [6.07, 6.45) is -4.16. The second-order valence-corrected chi connectivity index (χ2v) is 6.30. The number of rotatable bonds is 3. The zero-order valence-corrected chi connectivity index (χ0v) is 13.6. The normalized spacial score (nSPS) is 29.5. The van der Waals surface area contributed by atoms with E-state index in [1.807, 2.05) is 0 Å². The Kier molecular flexibility index (Phi) is 4.35. The molecule has 2 N–H and O–H groups in total. The highest BCUT2D eigenvalue weighted by molar-refractivity contribution is 5.77. The van der Waals surface area contributed by atoms with E-state index in [-0.39, 0.29) is 0 Å². The quantitative estimate of drug-likeness (QED) is 0.808. The van der Waals surface area contributed by atoms with Gasteiger partial charge in [0.15, 0.2) is 0 Å². The zero-order chi connectivity index (χ0) is 17.5. The first-order chi connectivity index (χ1) is 11.3. The van der Waals surface area contributed by atoms with Gasteiger partial charge < -0.3 is 28.8 Å². The maximum absolute atomic E-state index is 11.2. The van der Waals surface area contributed by atoms with E-state index in [9.17, 15) is 15.0 Å². The predicted octanol–water partition coefficient (Wildman–Crippen LogP) is 1.04. The topological polar surface area (TPSA) is 98.4 Å². The third-order valence-electron chi connectivity index (χ3n) is 4.14. The number of benzene rings is 1. The fraction of sp³-hybridized carbons (Fsp3) is 0.471. The van der Waals surface area contributed by atoms with E-state index >= 15 is 0 Å². The molecule has 0 amide bonds. The Morgan fingerprint density at radius 1 is 1.12 bits per heavy atom. The lowest BCUT2D eigenvalue weighted by atomic mass is 9.89. The molecule has 7 heteroatoms. The molecule has 0 saturated carbocycles. The Balaban J connectivity index is 1.85. The number of methoxy groups -OCH3 is 1. The van der Waals surface area contributed by atoms with Crippen LogP contribution in [-0.2, 0) is 9.47 Å². The molecule has 2 aromatic rings. The van der Waals surface area contributed by atoms with Crippen LogP contribution in [0.25, 0.3) is 11.0 Å². The van der Waals surface area contributed by atoms with Crippen LogP contribution in [0.3, 0.4) is 0 Å². The fourth-order valence-corrected chi connectivity index (χ4v) is 2.96. The van der Waals surface area contributed by atoms with Crippen molar-refractivity contribution in [1.82, 2.24) is 0 Å². The summed E-state index contributed by atoms with van der Waals surface area (Å²) in [6.45, 7) is 3.50. The molecule has 0 aliphatic carbocycles. The van der Waals surface area contributed by atoms with Gasteiger partial charge >= 0.3 is 5.63 Å². The monoisotopic (exact) mass is 336 g/mol. The molecule has 1 aliphatic rings. The van der Waals surface area contributed by atoms with Crippen LogP contribution in [0, 0.1) is 0 Å². The van der Waals surface area contributed by atoms with Crippen molar-refractivity contribution in [3.05, 3.63) is 40.8 Å². The van der Waals surface area contributed by atoms with Crippen molar-refractivity contribution >= 4 is 11.0 Å². The molecule has 1 saturated heterocycles. The molecule has 3 rings (SSSR count). The van der Waals surface area contributed by atoms with Crippen LogP contribution in [0.4, 0.5) is 0 Å². The van der Waals surface area contributed by atoms with E-state index in [2.05, 4.69) is 0 Å². The smallest absolute Gasteiger partial charge is 0.336 e. The third-order valence-corrected chi connectivity index (χ3v) is 4.14. The minimum Gasteiger partial charge on any atom is -0.462 e. The second kappa shape index (κ2) is 6.18. The van der Waals surface area contributed by atoms with Gasteiger partial charge in [-0.1, -0.05) is 0 Å². The highest BCUT2D eigenvalue weighted by atomic mass is 16.7. The first kappa shape index (κ1) is 16.9. The van der Waals surface area contributed by atoms with E-state index in [1.165, 1.54) is 13.2 Å². The Morgan fingerprint density at radius 3 is 2.58 bits per heavy atom. The van der Waals surface area contributed by atoms with E-state index in [4.69, 9.17) is 18.6 Å². The van der Waals surface area contributed by atoms with Crippen LogP contribution in [-0.4, -0.2) is 47.5 Å². The standard InChI is InChI=1S/C17H20O7/c1-17(2)15(21-3)13(19)14(20)16(24-17)22-10-5-6-11-9(8-10)4-7-12(18)23-11/h4-8,13-16,19-20H,1-3H3/t13?,14?,15-,16?/m1/s1. The molecule has 4 atom stereocenters. The van der Waals surface area contributed by atoms with Gasteiger partial charge in [0.25, 0.3) is 0 Å². The molecule has 130 valence electrons. The van der Waals surface area contributed by atoms with Gasteiger partial charge in [0, 0.05) is 18.6 Å². The number of aliphatic hydroxyl groups excluding tert-OH is 2. The van der Waals surface area contributed by atoms with Gasteiger partial charge in [0.05, 0.1) is 5.60 Å². The summed E-state index contributed by atoms with van der Waals surface area (Å²) in [5.41, 5.74) is -0.848. The molecule has 1 aromatic heterocycles. The molecule has 1 fully saturated rings. The first-order valence-corrected chi connectivity index (χ1v) is 7.59. The van der Waals surface area contributed by atoms with Crippen molar-refractivity contribution in [3.63, 3.8) is 0 Å². The van der Waals surface area contributed by atoms with Crippen molar-refractivity contribution in [2.75, 3.05) is 7.11 Å². The molecule has 0 spiro atoms. The van der Waals surface area contributed by atoms with E-state index < -0.39 is 35.8 Å². The maximum atomic E-state index is 11.2. The number of fused-ring (bicyclic) bond motifs is 1. The van der Waals surface area contributed by atoms with Gasteiger partial charge in [0.2, 0.25) is 6.29 Å². The van der Waals surface area contributed by atoms with Crippen molar-refractivity contribution in [1.29, 1.82) is 0 Å². The second-order valence-electron chi connectivity index (χ2n) is 6.30. The lowest BCUT2D eigenvalue weighted by Gasteiger charge is -2.46. The maximum Gasteiger partial charge on any atom is 0.336 e. The van der Waals surface area contributed by atoms with Crippen molar-refractivity contribution in [2.45, 2.75) is 44.1 Å². The summed E-state index contributed by atoms with van der Waals surface area (Å²) in [4.78, 5) is 11.2. The van der Waals surface area contributed by atoms with Crippen LogP contribution in [0.2, 0.25) is 0 Å². The predicted molar refractivity (Wildman–Crippen MR) is 84.9 cm³/mol. The van der Waals surface area contributed by atoms with Gasteiger partial charge in [-0.2, -0.15) is 0 Å². The molecule has 7 nitrogen and oxygen atoms in total. The zero-order valence-electron chi connectivity index (χ0n) is 13.6. The molecule has 2 heterocycles. The average molecular weight is 336 g/mol. The average Bonchev–Trinajstić information content (AvgIpc) is 2.52. The highest BCUT2D eigenvalue weighted by Crippen LogP contribution is 2.33.